The van der Waals surface area contributed by atoms with E-state index in [1.165, 1.54) is 18.9 Å². The van der Waals surface area contributed by atoms with Crippen molar-refractivity contribution in [1.82, 2.24) is 0 Å². The molecule has 20 heavy (non-hydrogen) atoms. The fraction of sp³-hybridized carbons (Fsp3) is 0.500. The molecule has 2 aliphatic rings. The Hall–Kier alpha value is -1.23. The van der Waals surface area contributed by atoms with Crippen LogP contribution in [0.15, 0.2) is 24.3 Å². The van der Waals surface area contributed by atoms with E-state index in [4.69, 9.17) is 11.6 Å². The molecule has 0 aromatic heterocycles. The van der Waals surface area contributed by atoms with Crippen molar-refractivity contribution in [1.29, 1.82) is 0 Å². The van der Waals surface area contributed by atoms with Crippen LogP contribution < -0.4 is 0 Å². The molecule has 6 heteroatoms. The highest BCUT2D eigenvalue weighted by Gasteiger charge is 2.52. The van der Waals surface area contributed by atoms with Crippen molar-refractivity contribution >= 4 is 17.6 Å². The molecule has 3 atom stereocenters. The zero-order chi connectivity index (χ0) is 14.9. The second-order valence-corrected chi connectivity index (χ2v) is 5.54. The molecular weight excluding hydrogens is 293 g/mol. The Kier molecular flexibility index (Phi) is 4.28. The molecule has 2 saturated carbocycles. The summed E-state index contributed by atoms with van der Waals surface area (Å²) in [4.78, 5) is 10.9. The van der Waals surface area contributed by atoms with Gasteiger partial charge in [-0.15, -0.1) is 11.6 Å². The normalized spacial score (nSPS) is 26.6. The number of esters is 1. The highest BCUT2D eigenvalue weighted by atomic mass is 35.5. The van der Waals surface area contributed by atoms with E-state index in [-0.39, 0.29) is 5.56 Å². The van der Waals surface area contributed by atoms with Gasteiger partial charge < -0.3 is 4.74 Å². The molecule has 2 aliphatic carbocycles. The third kappa shape index (κ3) is 3.45. The van der Waals surface area contributed by atoms with E-state index in [0.717, 1.165) is 37.1 Å². The van der Waals surface area contributed by atoms with Gasteiger partial charge in [0, 0.05) is 5.38 Å². The average Bonchev–Trinajstić information content (AvgIpc) is 3.09. The maximum atomic E-state index is 12.2. The molecule has 0 amide bonds. The Morgan fingerprint density at radius 3 is 2.40 bits per heavy atom. The van der Waals surface area contributed by atoms with Crippen molar-refractivity contribution in [2.24, 2.45) is 11.8 Å². The van der Waals surface area contributed by atoms with Gasteiger partial charge >= 0.3 is 12.1 Å². The minimum Gasteiger partial charge on any atom is -0.465 e. The SMILES string of the molecule is COC(=O)c1cccc(C(F)(F)F)c1.ClC1CC2CC12. The lowest BCUT2D eigenvalue weighted by Crippen LogP contribution is -2.14. The summed E-state index contributed by atoms with van der Waals surface area (Å²) in [5.41, 5.74) is -0.970. The van der Waals surface area contributed by atoms with E-state index in [2.05, 4.69) is 4.74 Å². The molecule has 0 radical (unpaired) electrons. The van der Waals surface area contributed by atoms with Crippen molar-refractivity contribution in [3.05, 3.63) is 35.4 Å². The van der Waals surface area contributed by atoms with E-state index < -0.39 is 17.7 Å². The van der Waals surface area contributed by atoms with Crippen molar-refractivity contribution in [3.8, 4) is 0 Å². The van der Waals surface area contributed by atoms with Crippen molar-refractivity contribution < 1.29 is 22.7 Å². The third-order valence-electron chi connectivity index (χ3n) is 3.58. The first-order chi connectivity index (χ1) is 9.32. The standard InChI is InChI=1S/C9H7F3O2.C5H7Cl/c1-14-8(13)6-3-2-4-7(5-6)9(10,11)12;6-5-2-3-1-4(3)5/h2-5H,1H3;3-5H,1-2H2. The van der Waals surface area contributed by atoms with Crippen LogP contribution in [-0.2, 0) is 10.9 Å². The highest BCUT2D eigenvalue weighted by molar-refractivity contribution is 6.21. The van der Waals surface area contributed by atoms with Gasteiger partial charge in [0.2, 0.25) is 0 Å². The van der Waals surface area contributed by atoms with Gasteiger partial charge in [0.05, 0.1) is 18.2 Å². The summed E-state index contributed by atoms with van der Waals surface area (Å²) in [6, 6.07) is 4.08. The maximum Gasteiger partial charge on any atom is 0.416 e. The first kappa shape index (κ1) is 15.2. The van der Waals surface area contributed by atoms with E-state index >= 15 is 0 Å². The number of alkyl halides is 4. The molecule has 0 spiro atoms. The quantitative estimate of drug-likeness (QED) is 0.576. The molecule has 0 aliphatic heterocycles. The summed E-state index contributed by atoms with van der Waals surface area (Å²) in [5.74, 6) is 1.26. The minimum absolute atomic E-state index is 0.109. The van der Waals surface area contributed by atoms with Gasteiger partial charge in [0.1, 0.15) is 0 Å². The fourth-order valence-electron chi connectivity index (χ4n) is 2.19. The van der Waals surface area contributed by atoms with Gasteiger partial charge in [0.25, 0.3) is 0 Å². The lowest BCUT2D eigenvalue weighted by molar-refractivity contribution is -0.137. The summed E-state index contributed by atoms with van der Waals surface area (Å²) < 4.78 is 40.8. The van der Waals surface area contributed by atoms with Crippen LogP contribution in [-0.4, -0.2) is 18.5 Å². The molecule has 3 unspecified atom stereocenters. The molecule has 2 fully saturated rings. The first-order valence-corrected chi connectivity index (χ1v) is 6.66. The molecule has 1 aromatic rings. The number of ether oxygens (including phenoxy) is 1. The molecule has 2 nitrogen and oxygen atoms in total. The number of carbonyl (C=O) groups excluding carboxylic acids is 1. The number of methoxy groups -OCH3 is 1. The highest BCUT2D eigenvalue weighted by Crippen LogP contribution is 2.57. The molecule has 1 aromatic carbocycles. The Morgan fingerprint density at radius 1 is 1.35 bits per heavy atom. The molecule has 110 valence electrons. The summed E-state index contributed by atoms with van der Waals surface area (Å²) in [7, 11) is 1.11. The number of hydrogen-bond donors (Lipinski definition) is 0. The number of hydrogen-bond acceptors (Lipinski definition) is 2. The fourth-order valence-corrected chi connectivity index (χ4v) is 2.73. The minimum atomic E-state index is -4.44. The number of benzene rings is 1. The first-order valence-electron chi connectivity index (χ1n) is 6.22. The number of rotatable bonds is 1. The Bertz CT molecular complexity index is 501. The molecule has 0 bridgehead atoms. The van der Waals surface area contributed by atoms with Crippen molar-refractivity contribution in [2.75, 3.05) is 7.11 Å². The van der Waals surface area contributed by atoms with Crippen LogP contribution in [0.2, 0.25) is 0 Å². The van der Waals surface area contributed by atoms with Crippen LogP contribution >= 0.6 is 11.6 Å². The van der Waals surface area contributed by atoms with Gasteiger partial charge in [0.15, 0.2) is 0 Å². The predicted octanol–water partition coefficient (Wildman–Crippen LogP) is 4.13. The smallest absolute Gasteiger partial charge is 0.416 e. The topological polar surface area (TPSA) is 26.3 Å². The summed E-state index contributed by atoms with van der Waals surface area (Å²) in [5, 5.41) is 0.579. The van der Waals surface area contributed by atoms with Gasteiger partial charge in [-0.2, -0.15) is 13.2 Å². The number of fused-ring (bicyclic) bond motifs is 1. The monoisotopic (exact) mass is 306 g/mol. The Labute approximate surface area is 119 Å². The second-order valence-electron chi connectivity index (χ2n) is 4.98. The van der Waals surface area contributed by atoms with Gasteiger partial charge in [-0.1, -0.05) is 6.07 Å². The average molecular weight is 307 g/mol. The van der Waals surface area contributed by atoms with Gasteiger partial charge in [-0.05, 0) is 42.9 Å². The predicted molar refractivity (Wildman–Crippen MR) is 68.6 cm³/mol. The maximum absolute atomic E-state index is 12.2. The molecular formula is C14H14ClF3O2. The van der Waals surface area contributed by atoms with E-state index in [1.807, 2.05) is 0 Å². The zero-order valence-corrected chi connectivity index (χ0v) is 11.5. The van der Waals surface area contributed by atoms with Crippen LogP contribution in [0.1, 0.15) is 28.8 Å². The van der Waals surface area contributed by atoms with E-state index in [9.17, 15) is 18.0 Å². The number of halogens is 4. The van der Waals surface area contributed by atoms with Crippen LogP contribution in [0, 0.1) is 11.8 Å². The second kappa shape index (κ2) is 5.64. The van der Waals surface area contributed by atoms with Crippen molar-refractivity contribution in [2.45, 2.75) is 24.4 Å². The van der Waals surface area contributed by atoms with Crippen LogP contribution in [0.4, 0.5) is 13.2 Å². The zero-order valence-electron chi connectivity index (χ0n) is 10.8. The van der Waals surface area contributed by atoms with Crippen LogP contribution in [0.5, 0.6) is 0 Å². The molecule has 3 rings (SSSR count). The number of carbonyl (C=O) groups is 1. The molecule has 0 saturated heterocycles. The Balaban J connectivity index is 0.000000198. The van der Waals surface area contributed by atoms with E-state index in [0.29, 0.717) is 5.38 Å². The largest absolute Gasteiger partial charge is 0.465 e. The van der Waals surface area contributed by atoms with Crippen molar-refractivity contribution in [3.63, 3.8) is 0 Å². The summed E-state index contributed by atoms with van der Waals surface area (Å²) >= 11 is 5.74. The van der Waals surface area contributed by atoms with Crippen LogP contribution in [0.3, 0.4) is 0 Å². The van der Waals surface area contributed by atoms with E-state index in [1.54, 1.807) is 0 Å². The van der Waals surface area contributed by atoms with Gasteiger partial charge in [-0.3, -0.25) is 0 Å². The summed E-state index contributed by atoms with van der Waals surface area (Å²) in [6.45, 7) is 0. The Morgan fingerprint density at radius 2 is 2.05 bits per heavy atom. The van der Waals surface area contributed by atoms with Crippen LogP contribution in [0.25, 0.3) is 0 Å². The lowest BCUT2D eigenvalue weighted by atomic mass is 10.0. The summed E-state index contributed by atoms with van der Waals surface area (Å²) in [6.07, 6.45) is -1.69. The van der Waals surface area contributed by atoms with Gasteiger partial charge in [-0.25, -0.2) is 4.79 Å². The molecule has 0 heterocycles. The lowest BCUT2D eigenvalue weighted by Gasteiger charge is -2.15. The molecule has 0 N–H and O–H groups in total. The third-order valence-corrected chi connectivity index (χ3v) is 4.08.